The summed E-state index contributed by atoms with van der Waals surface area (Å²) in [4.78, 5) is 11.6. The second-order valence-electron chi connectivity index (χ2n) is 3.11. The summed E-state index contributed by atoms with van der Waals surface area (Å²) in [6.45, 7) is 1.87. The molecule has 0 aliphatic carbocycles. The van der Waals surface area contributed by atoms with Gasteiger partial charge in [0.15, 0.2) is 5.69 Å². The molecule has 84 valence electrons. The van der Waals surface area contributed by atoms with E-state index >= 15 is 0 Å². The Bertz CT molecular complexity index is 502. The van der Waals surface area contributed by atoms with Crippen molar-refractivity contribution in [3.05, 3.63) is 35.6 Å². The van der Waals surface area contributed by atoms with Crippen molar-refractivity contribution < 1.29 is 18.8 Å². The van der Waals surface area contributed by atoms with Crippen molar-refractivity contribution in [2.45, 2.75) is 17.6 Å². The number of hydrogen-bond donors (Lipinski definition) is 1. The Morgan fingerprint density at radius 1 is 1.62 bits per heavy atom. The number of carbonyl (C=O) groups is 1. The van der Waals surface area contributed by atoms with E-state index < -0.39 is 5.97 Å². The molecule has 0 aliphatic rings. The molecule has 2 heterocycles. The number of hydrogen-bond acceptors (Lipinski definition) is 5. The highest BCUT2D eigenvalue weighted by Crippen LogP contribution is 2.26. The summed E-state index contributed by atoms with van der Waals surface area (Å²) >= 11 is 1.51. The molecule has 0 aromatic carbocycles. The number of aromatic carboxylic acids is 1. The minimum absolute atomic E-state index is 0.0699. The van der Waals surface area contributed by atoms with E-state index in [1.54, 1.807) is 6.26 Å². The quantitative estimate of drug-likeness (QED) is 0.826. The molecule has 5 nitrogen and oxygen atoms in total. The number of aryl methyl sites for hydroxylation is 1. The molecule has 0 atom stereocenters. The second kappa shape index (κ2) is 4.44. The van der Waals surface area contributed by atoms with Gasteiger partial charge in [-0.25, -0.2) is 4.79 Å². The Morgan fingerprint density at radius 3 is 3.00 bits per heavy atom. The summed E-state index contributed by atoms with van der Waals surface area (Å²) in [6.07, 6.45) is 1.61. The number of carboxylic acids is 1. The Balaban J connectivity index is 2.00. The third kappa shape index (κ3) is 2.27. The Labute approximate surface area is 95.4 Å². The molecule has 0 amide bonds. The van der Waals surface area contributed by atoms with E-state index in [0.29, 0.717) is 11.5 Å². The van der Waals surface area contributed by atoms with Crippen LogP contribution in [0.3, 0.4) is 0 Å². The van der Waals surface area contributed by atoms with Crippen molar-refractivity contribution in [3.63, 3.8) is 0 Å². The van der Waals surface area contributed by atoms with Gasteiger partial charge in [0, 0.05) is 11.0 Å². The van der Waals surface area contributed by atoms with Gasteiger partial charge in [0.1, 0.15) is 11.5 Å². The first-order valence-corrected chi connectivity index (χ1v) is 5.51. The zero-order chi connectivity index (χ0) is 11.5. The van der Waals surface area contributed by atoms with E-state index in [2.05, 4.69) is 5.16 Å². The molecule has 6 heteroatoms. The van der Waals surface area contributed by atoms with Crippen LogP contribution in [0, 0.1) is 6.92 Å². The Hall–Kier alpha value is -1.69. The van der Waals surface area contributed by atoms with Gasteiger partial charge in [0.05, 0.1) is 12.0 Å². The number of aromatic nitrogens is 1. The monoisotopic (exact) mass is 239 g/mol. The first-order chi connectivity index (χ1) is 7.66. The zero-order valence-electron chi connectivity index (χ0n) is 8.47. The van der Waals surface area contributed by atoms with Crippen molar-refractivity contribution in [2.75, 3.05) is 0 Å². The highest BCUT2D eigenvalue weighted by Gasteiger charge is 2.11. The van der Waals surface area contributed by atoms with Gasteiger partial charge in [-0.15, -0.1) is 11.8 Å². The molecular formula is C10H9NO4S. The van der Waals surface area contributed by atoms with E-state index in [1.165, 1.54) is 17.8 Å². The standard InChI is InChI=1S/C10H9NO4S/c1-6-9(2-3-14-6)16-5-7-4-8(10(12)13)11-15-7/h2-4H,5H2,1H3,(H,12,13). The van der Waals surface area contributed by atoms with Crippen LogP contribution in [0.25, 0.3) is 0 Å². The maximum Gasteiger partial charge on any atom is 0.358 e. The fourth-order valence-electron chi connectivity index (χ4n) is 1.15. The van der Waals surface area contributed by atoms with Crippen LogP contribution in [-0.4, -0.2) is 16.2 Å². The third-order valence-corrected chi connectivity index (χ3v) is 3.12. The first-order valence-electron chi connectivity index (χ1n) is 4.52. The summed E-state index contributed by atoms with van der Waals surface area (Å²) < 4.78 is 10.0. The van der Waals surface area contributed by atoms with Crippen LogP contribution < -0.4 is 0 Å². The number of carboxylic acid groups (broad SMARTS) is 1. The van der Waals surface area contributed by atoms with Crippen LogP contribution in [-0.2, 0) is 5.75 Å². The molecule has 2 aromatic rings. The van der Waals surface area contributed by atoms with E-state index in [0.717, 1.165) is 10.7 Å². The molecule has 0 fully saturated rings. The van der Waals surface area contributed by atoms with Crippen LogP contribution in [0.15, 0.2) is 32.2 Å². The van der Waals surface area contributed by atoms with E-state index in [1.807, 2.05) is 13.0 Å². The minimum Gasteiger partial charge on any atom is -0.476 e. The van der Waals surface area contributed by atoms with Crippen molar-refractivity contribution >= 4 is 17.7 Å². The second-order valence-corrected chi connectivity index (χ2v) is 4.13. The van der Waals surface area contributed by atoms with E-state index in [9.17, 15) is 4.79 Å². The van der Waals surface area contributed by atoms with Gasteiger partial charge in [-0.2, -0.15) is 0 Å². The SMILES string of the molecule is Cc1occc1SCc1cc(C(=O)O)no1. The smallest absolute Gasteiger partial charge is 0.358 e. The third-order valence-electron chi connectivity index (χ3n) is 1.96. The van der Waals surface area contributed by atoms with Crippen molar-refractivity contribution in [1.29, 1.82) is 0 Å². The molecule has 0 aliphatic heterocycles. The van der Waals surface area contributed by atoms with Gasteiger partial charge in [0.25, 0.3) is 0 Å². The molecule has 0 radical (unpaired) electrons. The highest BCUT2D eigenvalue weighted by molar-refractivity contribution is 7.98. The van der Waals surface area contributed by atoms with Crippen LogP contribution in [0.2, 0.25) is 0 Å². The van der Waals surface area contributed by atoms with Gasteiger partial charge in [-0.3, -0.25) is 0 Å². The summed E-state index contributed by atoms with van der Waals surface area (Å²) in [5.41, 5.74) is -0.0699. The fraction of sp³-hybridized carbons (Fsp3) is 0.200. The molecular weight excluding hydrogens is 230 g/mol. The summed E-state index contributed by atoms with van der Waals surface area (Å²) in [5.74, 6) is 0.811. The predicted octanol–water partition coefficient (Wildman–Crippen LogP) is 2.57. The number of rotatable bonds is 4. The molecule has 0 bridgehead atoms. The average Bonchev–Trinajstić information content (AvgIpc) is 2.83. The molecule has 0 saturated heterocycles. The number of nitrogens with zero attached hydrogens (tertiary/aromatic N) is 1. The van der Waals surface area contributed by atoms with Crippen LogP contribution >= 0.6 is 11.8 Å². The minimum atomic E-state index is -1.08. The fourth-order valence-corrected chi connectivity index (χ4v) is 1.99. The molecule has 0 saturated carbocycles. The normalized spacial score (nSPS) is 10.6. The van der Waals surface area contributed by atoms with Crippen molar-refractivity contribution in [1.82, 2.24) is 5.16 Å². The average molecular weight is 239 g/mol. The molecule has 0 unspecified atom stereocenters. The van der Waals surface area contributed by atoms with E-state index in [4.69, 9.17) is 14.0 Å². The summed E-state index contributed by atoms with van der Waals surface area (Å²) in [5, 5.41) is 12.1. The number of thioether (sulfide) groups is 1. The van der Waals surface area contributed by atoms with Crippen molar-refractivity contribution in [2.24, 2.45) is 0 Å². The summed E-state index contributed by atoms with van der Waals surface area (Å²) in [7, 11) is 0. The molecule has 1 N–H and O–H groups in total. The Morgan fingerprint density at radius 2 is 2.44 bits per heavy atom. The van der Waals surface area contributed by atoms with Crippen LogP contribution in [0.4, 0.5) is 0 Å². The topological polar surface area (TPSA) is 76.5 Å². The van der Waals surface area contributed by atoms with Crippen molar-refractivity contribution in [3.8, 4) is 0 Å². The lowest BCUT2D eigenvalue weighted by Gasteiger charge is -1.94. The summed E-state index contributed by atoms with van der Waals surface area (Å²) in [6, 6.07) is 3.28. The highest BCUT2D eigenvalue weighted by atomic mass is 32.2. The zero-order valence-corrected chi connectivity index (χ0v) is 9.28. The molecule has 16 heavy (non-hydrogen) atoms. The van der Waals surface area contributed by atoms with Gasteiger partial charge >= 0.3 is 5.97 Å². The predicted molar refractivity (Wildman–Crippen MR) is 56.5 cm³/mol. The van der Waals surface area contributed by atoms with Gasteiger partial charge < -0.3 is 14.0 Å². The van der Waals surface area contributed by atoms with Crippen LogP contribution in [0.5, 0.6) is 0 Å². The maximum atomic E-state index is 10.6. The van der Waals surface area contributed by atoms with Gasteiger partial charge in [0.2, 0.25) is 0 Å². The maximum absolute atomic E-state index is 10.6. The molecule has 0 spiro atoms. The largest absolute Gasteiger partial charge is 0.476 e. The molecule has 2 aromatic heterocycles. The number of furan rings is 1. The van der Waals surface area contributed by atoms with Crippen LogP contribution in [0.1, 0.15) is 22.0 Å². The lowest BCUT2D eigenvalue weighted by molar-refractivity contribution is 0.0685. The van der Waals surface area contributed by atoms with E-state index in [-0.39, 0.29) is 5.69 Å². The lowest BCUT2D eigenvalue weighted by Crippen LogP contribution is -1.94. The van der Waals surface area contributed by atoms with Gasteiger partial charge in [-0.1, -0.05) is 5.16 Å². The first kappa shape index (κ1) is 10.8. The Kier molecular flexibility index (Phi) is 3.00. The molecule has 2 rings (SSSR count). The lowest BCUT2D eigenvalue weighted by atomic mass is 10.4. The van der Waals surface area contributed by atoms with Gasteiger partial charge in [-0.05, 0) is 13.0 Å².